The second kappa shape index (κ2) is 6.37. The summed E-state index contributed by atoms with van der Waals surface area (Å²) in [4.78, 5) is 26.4. The lowest BCUT2D eigenvalue weighted by atomic mass is 10.0. The molecule has 0 saturated heterocycles. The summed E-state index contributed by atoms with van der Waals surface area (Å²) in [6, 6.07) is 9.13. The van der Waals surface area contributed by atoms with Gasteiger partial charge in [0.2, 0.25) is 0 Å². The summed E-state index contributed by atoms with van der Waals surface area (Å²) in [6.45, 7) is 1.31. The van der Waals surface area contributed by atoms with E-state index in [4.69, 9.17) is 16.7 Å². The second-order valence-corrected chi connectivity index (χ2v) is 4.91. The summed E-state index contributed by atoms with van der Waals surface area (Å²) in [7, 11) is 0. The first-order valence-electron chi connectivity index (χ1n) is 6.20. The minimum Gasteiger partial charge on any atom is -0.480 e. The highest BCUT2D eigenvalue weighted by Crippen LogP contribution is 2.23. The van der Waals surface area contributed by atoms with Gasteiger partial charge in [0.25, 0.3) is 5.91 Å². The van der Waals surface area contributed by atoms with Crippen molar-refractivity contribution in [2.45, 2.75) is 6.92 Å². The fourth-order valence-electron chi connectivity index (χ4n) is 1.88. The summed E-state index contributed by atoms with van der Waals surface area (Å²) in [5.41, 5.74) is 2.61. The standard InChI is InChI=1S/C15H13ClN2O3/c1-9-5-11(10-3-2-4-12(16)6-10)7-17-14(9)15(21)18-8-13(19)20/h2-7H,8H2,1H3,(H,18,21)(H,19,20). The van der Waals surface area contributed by atoms with Crippen molar-refractivity contribution in [2.24, 2.45) is 0 Å². The van der Waals surface area contributed by atoms with E-state index in [9.17, 15) is 9.59 Å². The SMILES string of the molecule is Cc1cc(-c2cccc(Cl)c2)cnc1C(=O)NCC(=O)O. The molecule has 0 atom stereocenters. The Kier molecular flexibility index (Phi) is 4.55. The van der Waals surface area contributed by atoms with Gasteiger partial charge in [-0.15, -0.1) is 0 Å². The Morgan fingerprint density at radius 2 is 2.05 bits per heavy atom. The quantitative estimate of drug-likeness (QED) is 0.909. The van der Waals surface area contributed by atoms with Crippen LogP contribution < -0.4 is 5.32 Å². The molecule has 2 aromatic rings. The molecule has 0 fully saturated rings. The zero-order valence-electron chi connectivity index (χ0n) is 11.3. The third-order valence-electron chi connectivity index (χ3n) is 2.85. The summed E-state index contributed by atoms with van der Waals surface area (Å²) >= 11 is 5.95. The minimum absolute atomic E-state index is 0.210. The first-order chi connectivity index (χ1) is 9.97. The lowest BCUT2D eigenvalue weighted by molar-refractivity contribution is -0.135. The monoisotopic (exact) mass is 304 g/mol. The van der Waals surface area contributed by atoms with Crippen molar-refractivity contribution in [3.05, 3.63) is 52.8 Å². The summed E-state index contributed by atoms with van der Waals surface area (Å²) in [5, 5.41) is 11.5. The van der Waals surface area contributed by atoms with Gasteiger partial charge in [-0.25, -0.2) is 0 Å². The predicted octanol–water partition coefficient (Wildman–Crippen LogP) is 2.52. The largest absolute Gasteiger partial charge is 0.480 e. The molecule has 1 amide bonds. The zero-order valence-corrected chi connectivity index (χ0v) is 12.0. The number of nitrogens with one attached hydrogen (secondary N) is 1. The molecule has 0 bridgehead atoms. The maximum atomic E-state index is 11.8. The fraction of sp³-hybridized carbons (Fsp3) is 0.133. The molecule has 0 spiro atoms. The van der Waals surface area contributed by atoms with Crippen molar-refractivity contribution >= 4 is 23.5 Å². The Morgan fingerprint density at radius 3 is 2.67 bits per heavy atom. The number of aromatic nitrogens is 1. The molecule has 0 aliphatic carbocycles. The number of halogens is 1. The highest BCUT2D eigenvalue weighted by molar-refractivity contribution is 6.30. The average molecular weight is 305 g/mol. The number of carbonyl (C=O) groups is 2. The van der Waals surface area contributed by atoms with Crippen LogP contribution >= 0.6 is 11.6 Å². The molecule has 5 nitrogen and oxygen atoms in total. The molecule has 6 heteroatoms. The maximum Gasteiger partial charge on any atom is 0.322 e. The topological polar surface area (TPSA) is 79.3 Å². The highest BCUT2D eigenvalue weighted by atomic mass is 35.5. The van der Waals surface area contributed by atoms with Crippen molar-refractivity contribution < 1.29 is 14.7 Å². The van der Waals surface area contributed by atoms with Crippen LogP contribution in [0, 0.1) is 6.92 Å². The van der Waals surface area contributed by atoms with Gasteiger partial charge in [0.1, 0.15) is 12.2 Å². The molecule has 0 unspecified atom stereocenters. The Hall–Kier alpha value is -2.40. The third-order valence-corrected chi connectivity index (χ3v) is 3.09. The van der Waals surface area contributed by atoms with E-state index in [-0.39, 0.29) is 5.69 Å². The van der Waals surface area contributed by atoms with E-state index in [1.54, 1.807) is 19.2 Å². The summed E-state index contributed by atoms with van der Waals surface area (Å²) < 4.78 is 0. The number of hydrogen-bond acceptors (Lipinski definition) is 3. The average Bonchev–Trinajstić information content (AvgIpc) is 2.44. The number of carboxylic acids is 1. The highest BCUT2D eigenvalue weighted by Gasteiger charge is 2.12. The van der Waals surface area contributed by atoms with Crippen molar-refractivity contribution in [2.75, 3.05) is 6.54 Å². The van der Waals surface area contributed by atoms with Gasteiger partial charge >= 0.3 is 5.97 Å². The smallest absolute Gasteiger partial charge is 0.322 e. The van der Waals surface area contributed by atoms with Gasteiger partial charge in [-0.3, -0.25) is 14.6 Å². The molecule has 108 valence electrons. The van der Waals surface area contributed by atoms with Crippen LogP contribution in [0.25, 0.3) is 11.1 Å². The van der Waals surface area contributed by atoms with Crippen LogP contribution in [0.5, 0.6) is 0 Å². The maximum absolute atomic E-state index is 11.8. The van der Waals surface area contributed by atoms with Gasteiger partial charge < -0.3 is 10.4 Å². The molecule has 0 aliphatic heterocycles. The molecular weight excluding hydrogens is 292 g/mol. The molecule has 0 aliphatic rings. The fourth-order valence-corrected chi connectivity index (χ4v) is 2.07. The van der Waals surface area contributed by atoms with E-state index < -0.39 is 18.4 Å². The van der Waals surface area contributed by atoms with E-state index in [1.165, 1.54) is 0 Å². The van der Waals surface area contributed by atoms with Crippen LogP contribution in [-0.4, -0.2) is 28.5 Å². The number of carbonyl (C=O) groups excluding carboxylic acids is 1. The molecule has 0 saturated carbocycles. The van der Waals surface area contributed by atoms with E-state index in [2.05, 4.69) is 10.3 Å². The normalized spacial score (nSPS) is 10.2. The summed E-state index contributed by atoms with van der Waals surface area (Å²) in [6.07, 6.45) is 1.56. The van der Waals surface area contributed by atoms with Crippen LogP contribution in [0.3, 0.4) is 0 Å². The number of rotatable bonds is 4. The minimum atomic E-state index is -1.10. The van der Waals surface area contributed by atoms with E-state index in [1.807, 2.05) is 24.3 Å². The molecule has 1 aromatic heterocycles. The number of carboxylic acid groups (broad SMARTS) is 1. The molecular formula is C15H13ClN2O3. The van der Waals surface area contributed by atoms with E-state index >= 15 is 0 Å². The number of amides is 1. The second-order valence-electron chi connectivity index (χ2n) is 4.48. The van der Waals surface area contributed by atoms with Crippen molar-refractivity contribution in [3.8, 4) is 11.1 Å². The number of aryl methyl sites for hydroxylation is 1. The first-order valence-corrected chi connectivity index (χ1v) is 6.58. The van der Waals surface area contributed by atoms with Crippen molar-refractivity contribution in [1.82, 2.24) is 10.3 Å². The lowest BCUT2D eigenvalue weighted by Gasteiger charge is -2.08. The van der Waals surface area contributed by atoms with Gasteiger partial charge in [-0.05, 0) is 36.2 Å². The zero-order chi connectivity index (χ0) is 15.4. The van der Waals surface area contributed by atoms with Crippen molar-refractivity contribution in [1.29, 1.82) is 0 Å². The Labute approximate surface area is 126 Å². The van der Waals surface area contributed by atoms with E-state index in [0.717, 1.165) is 11.1 Å². The van der Waals surface area contributed by atoms with Crippen LogP contribution in [-0.2, 0) is 4.79 Å². The van der Waals surface area contributed by atoms with Gasteiger partial charge in [-0.1, -0.05) is 23.7 Å². The number of aliphatic carboxylic acids is 1. The molecule has 2 N–H and O–H groups in total. The number of hydrogen-bond donors (Lipinski definition) is 2. The lowest BCUT2D eigenvalue weighted by Crippen LogP contribution is -2.30. The van der Waals surface area contributed by atoms with Gasteiger partial charge in [-0.2, -0.15) is 0 Å². The Bertz CT molecular complexity index is 701. The number of nitrogens with zero attached hydrogens (tertiary/aromatic N) is 1. The number of benzene rings is 1. The number of pyridine rings is 1. The van der Waals surface area contributed by atoms with Crippen LogP contribution in [0.2, 0.25) is 5.02 Å². The van der Waals surface area contributed by atoms with Gasteiger partial charge in [0.05, 0.1) is 0 Å². The van der Waals surface area contributed by atoms with Gasteiger partial charge in [0, 0.05) is 16.8 Å². The summed E-state index contributed by atoms with van der Waals surface area (Å²) in [5.74, 6) is -1.61. The molecule has 21 heavy (non-hydrogen) atoms. The van der Waals surface area contributed by atoms with Crippen LogP contribution in [0.15, 0.2) is 36.5 Å². The predicted molar refractivity (Wildman–Crippen MR) is 79.4 cm³/mol. The van der Waals surface area contributed by atoms with E-state index in [0.29, 0.717) is 10.6 Å². The Morgan fingerprint density at radius 1 is 1.29 bits per heavy atom. The first kappa shape index (κ1) is 15.0. The molecule has 0 radical (unpaired) electrons. The van der Waals surface area contributed by atoms with Crippen molar-refractivity contribution in [3.63, 3.8) is 0 Å². The van der Waals surface area contributed by atoms with Gasteiger partial charge in [0.15, 0.2) is 0 Å². The molecule has 1 heterocycles. The molecule has 2 rings (SSSR count). The molecule has 1 aromatic carbocycles. The third kappa shape index (κ3) is 3.79. The van der Waals surface area contributed by atoms with Crippen LogP contribution in [0.1, 0.15) is 16.1 Å². The van der Waals surface area contributed by atoms with Crippen LogP contribution in [0.4, 0.5) is 0 Å². The Balaban J connectivity index is 2.25.